The van der Waals surface area contributed by atoms with Crippen molar-refractivity contribution in [3.63, 3.8) is 0 Å². The lowest BCUT2D eigenvalue weighted by molar-refractivity contribution is 0.0779. The van der Waals surface area contributed by atoms with Gasteiger partial charge in [0, 0.05) is 38.1 Å². The average molecular weight is 286 g/mol. The lowest BCUT2D eigenvalue weighted by Gasteiger charge is -2.16. The number of hydrogen-bond acceptors (Lipinski definition) is 3. The number of nitrogens with two attached hydrogens (primary N) is 1. The molecule has 21 heavy (non-hydrogen) atoms. The van der Waals surface area contributed by atoms with E-state index in [1.165, 1.54) is 0 Å². The molecule has 0 unspecified atom stereocenters. The summed E-state index contributed by atoms with van der Waals surface area (Å²) in [7, 11) is 3.30. The van der Waals surface area contributed by atoms with Crippen LogP contribution in [0.4, 0.5) is 5.69 Å². The van der Waals surface area contributed by atoms with Crippen LogP contribution in [0.15, 0.2) is 36.5 Å². The molecule has 0 aliphatic heterocycles. The Hall–Kier alpha value is -2.76. The molecule has 0 saturated heterocycles. The summed E-state index contributed by atoms with van der Waals surface area (Å²) in [6, 6.07) is 8.74. The monoisotopic (exact) mass is 286 g/mol. The van der Waals surface area contributed by atoms with Crippen molar-refractivity contribution >= 4 is 17.5 Å². The minimum atomic E-state index is -0.137. The standard InChI is InChI=1S/C15H18N4O2/c1-17-14(20)11-5-3-10(4-6-11)9-19(2)15(21)13-7-12(16)8-18-13/h3-8,18H,9,16H2,1-2H3,(H,17,20). The second-order valence-corrected chi connectivity index (χ2v) is 4.78. The number of nitrogen functional groups attached to an aromatic ring is 1. The fourth-order valence-electron chi connectivity index (χ4n) is 1.99. The van der Waals surface area contributed by atoms with Crippen molar-refractivity contribution in [2.75, 3.05) is 19.8 Å². The Bertz CT molecular complexity index is 646. The van der Waals surface area contributed by atoms with Gasteiger partial charge < -0.3 is 20.9 Å². The highest BCUT2D eigenvalue weighted by Crippen LogP contribution is 2.11. The fourth-order valence-corrected chi connectivity index (χ4v) is 1.99. The van der Waals surface area contributed by atoms with Crippen LogP contribution in [-0.2, 0) is 6.54 Å². The molecule has 1 heterocycles. The van der Waals surface area contributed by atoms with Crippen LogP contribution in [0, 0.1) is 0 Å². The van der Waals surface area contributed by atoms with Crippen LogP contribution in [0.25, 0.3) is 0 Å². The van der Waals surface area contributed by atoms with E-state index in [1.807, 2.05) is 12.1 Å². The SMILES string of the molecule is CNC(=O)c1ccc(CN(C)C(=O)c2cc(N)c[nH]2)cc1. The van der Waals surface area contributed by atoms with Crippen molar-refractivity contribution in [2.45, 2.75) is 6.54 Å². The topological polar surface area (TPSA) is 91.2 Å². The van der Waals surface area contributed by atoms with Crippen molar-refractivity contribution < 1.29 is 9.59 Å². The maximum absolute atomic E-state index is 12.2. The van der Waals surface area contributed by atoms with Gasteiger partial charge in [-0.25, -0.2) is 0 Å². The number of nitrogens with one attached hydrogen (secondary N) is 2. The van der Waals surface area contributed by atoms with Crippen LogP contribution in [0.5, 0.6) is 0 Å². The number of benzene rings is 1. The Morgan fingerprint density at radius 2 is 1.95 bits per heavy atom. The number of H-pyrrole nitrogens is 1. The van der Waals surface area contributed by atoms with Crippen molar-refractivity contribution in [1.82, 2.24) is 15.2 Å². The molecular formula is C15H18N4O2. The third-order valence-electron chi connectivity index (χ3n) is 3.15. The van der Waals surface area contributed by atoms with Gasteiger partial charge in [-0.2, -0.15) is 0 Å². The summed E-state index contributed by atoms with van der Waals surface area (Å²) in [4.78, 5) is 28.0. The molecule has 0 spiro atoms. The van der Waals surface area contributed by atoms with Crippen molar-refractivity contribution in [1.29, 1.82) is 0 Å². The zero-order chi connectivity index (χ0) is 15.4. The fraction of sp³-hybridized carbons (Fsp3) is 0.200. The van der Waals surface area contributed by atoms with E-state index in [0.717, 1.165) is 5.56 Å². The predicted molar refractivity (Wildman–Crippen MR) is 80.8 cm³/mol. The number of aromatic amines is 1. The third kappa shape index (κ3) is 3.42. The van der Waals surface area contributed by atoms with Gasteiger partial charge in [0.15, 0.2) is 0 Å². The van der Waals surface area contributed by atoms with Crippen LogP contribution in [0.2, 0.25) is 0 Å². The van der Waals surface area contributed by atoms with Crippen LogP contribution in [0.1, 0.15) is 26.4 Å². The molecule has 0 aliphatic rings. The van der Waals surface area contributed by atoms with Crippen LogP contribution in [0.3, 0.4) is 0 Å². The highest BCUT2D eigenvalue weighted by molar-refractivity contribution is 5.94. The van der Waals surface area contributed by atoms with Gasteiger partial charge in [-0.05, 0) is 23.8 Å². The number of amides is 2. The molecular weight excluding hydrogens is 268 g/mol. The zero-order valence-electron chi connectivity index (χ0n) is 12.0. The zero-order valence-corrected chi connectivity index (χ0v) is 12.0. The number of nitrogens with zero attached hydrogens (tertiary/aromatic N) is 1. The molecule has 0 aliphatic carbocycles. The maximum Gasteiger partial charge on any atom is 0.270 e. The summed E-state index contributed by atoms with van der Waals surface area (Å²) in [6.07, 6.45) is 1.58. The van der Waals surface area contributed by atoms with Crippen LogP contribution < -0.4 is 11.1 Å². The Labute approximate surface area is 122 Å². The smallest absolute Gasteiger partial charge is 0.270 e. The normalized spacial score (nSPS) is 10.2. The van der Waals surface area contributed by atoms with Gasteiger partial charge in [-0.15, -0.1) is 0 Å². The number of carbonyl (C=O) groups is 2. The van der Waals surface area contributed by atoms with Gasteiger partial charge in [-0.3, -0.25) is 9.59 Å². The minimum absolute atomic E-state index is 0.132. The van der Waals surface area contributed by atoms with Crippen LogP contribution in [-0.4, -0.2) is 35.8 Å². The summed E-state index contributed by atoms with van der Waals surface area (Å²) in [5, 5.41) is 2.56. The van der Waals surface area contributed by atoms with Gasteiger partial charge in [0.25, 0.3) is 11.8 Å². The van der Waals surface area contributed by atoms with E-state index >= 15 is 0 Å². The molecule has 2 amide bonds. The van der Waals surface area contributed by atoms with Gasteiger partial charge in [0.1, 0.15) is 5.69 Å². The number of aromatic nitrogens is 1. The highest BCUT2D eigenvalue weighted by Gasteiger charge is 2.13. The van der Waals surface area contributed by atoms with E-state index in [2.05, 4.69) is 10.3 Å². The van der Waals surface area contributed by atoms with Crippen molar-refractivity contribution in [3.05, 3.63) is 53.3 Å². The molecule has 4 N–H and O–H groups in total. The Kier molecular flexibility index (Phi) is 4.27. The number of carbonyl (C=O) groups excluding carboxylic acids is 2. The summed E-state index contributed by atoms with van der Waals surface area (Å²) in [6.45, 7) is 0.450. The highest BCUT2D eigenvalue weighted by atomic mass is 16.2. The molecule has 0 fully saturated rings. The molecule has 0 bridgehead atoms. The Morgan fingerprint density at radius 3 is 2.48 bits per heavy atom. The molecule has 0 saturated carbocycles. The summed E-state index contributed by atoms with van der Waals surface area (Å²) in [5.74, 6) is -0.269. The van der Waals surface area contributed by atoms with E-state index < -0.39 is 0 Å². The summed E-state index contributed by atoms with van der Waals surface area (Å²) >= 11 is 0. The second kappa shape index (κ2) is 6.13. The number of anilines is 1. The molecule has 110 valence electrons. The van der Waals surface area contributed by atoms with Gasteiger partial charge in [0.05, 0.1) is 0 Å². The maximum atomic E-state index is 12.2. The molecule has 2 rings (SSSR count). The van der Waals surface area contributed by atoms with Crippen LogP contribution >= 0.6 is 0 Å². The van der Waals surface area contributed by atoms with E-state index in [0.29, 0.717) is 23.5 Å². The molecule has 2 aromatic rings. The van der Waals surface area contributed by atoms with E-state index in [4.69, 9.17) is 5.73 Å². The minimum Gasteiger partial charge on any atom is -0.397 e. The lowest BCUT2D eigenvalue weighted by atomic mass is 10.1. The number of rotatable bonds is 4. The van der Waals surface area contributed by atoms with Gasteiger partial charge in [0.2, 0.25) is 0 Å². The lowest BCUT2D eigenvalue weighted by Crippen LogP contribution is -2.26. The molecule has 0 radical (unpaired) electrons. The first-order valence-electron chi connectivity index (χ1n) is 6.51. The first kappa shape index (κ1) is 14.6. The first-order chi connectivity index (χ1) is 10.0. The summed E-state index contributed by atoms with van der Waals surface area (Å²) < 4.78 is 0. The van der Waals surface area contributed by atoms with Gasteiger partial charge in [-0.1, -0.05) is 12.1 Å². The molecule has 6 heteroatoms. The third-order valence-corrected chi connectivity index (χ3v) is 3.15. The molecule has 0 atom stereocenters. The molecule has 1 aromatic heterocycles. The first-order valence-corrected chi connectivity index (χ1v) is 6.51. The number of hydrogen-bond donors (Lipinski definition) is 3. The van der Waals surface area contributed by atoms with Gasteiger partial charge >= 0.3 is 0 Å². The summed E-state index contributed by atoms with van der Waals surface area (Å²) in [5.41, 5.74) is 8.11. The quantitative estimate of drug-likeness (QED) is 0.789. The predicted octanol–water partition coefficient (Wildman–Crippen LogP) is 1.23. The van der Waals surface area contributed by atoms with Crippen molar-refractivity contribution in [3.8, 4) is 0 Å². The van der Waals surface area contributed by atoms with Crippen molar-refractivity contribution in [2.24, 2.45) is 0 Å². The Morgan fingerprint density at radius 1 is 1.29 bits per heavy atom. The molecule has 1 aromatic carbocycles. The second-order valence-electron chi connectivity index (χ2n) is 4.78. The van der Waals surface area contributed by atoms with E-state index in [-0.39, 0.29) is 11.8 Å². The van der Waals surface area contributed by atoms with E-state index in [1.54, 1.807) is 43.4 Å². The van der Waals surface area contributed by atoms with E-state index in [9.17, 15) is 9.59 Å². The average Bonchev–Trinajstić information content (AvgIpc) is 2.93. The molecule has 6 nitrogen and oxygen atoms in total. The Balaban J connectivity index is 2.04. The largest absolute Gasteiger partial charge is 0.397 e.